The molecule has 0 fully saturated rings. The molecular formula is C12H11BrF3N5O. The molecule has 22 heavy (non-hydrogen) atoms. The number of anilines is 1. The maximum atomic E-state index is 13.1. The minimum Gasteiger partial charge on any atom is -0.284 e. The van der Waals surface area contributed by atoms with Crippen molar-refractivity contribution in [3.8, 4) is 0 Å². The Kier molecular flexibility index (Phi) is 4.79. The fourth-order valence-electron chi connectivity index (χ4n) is 1.72. The fraction of sp³-hybridized carbons (Fsp3) is 0.333. The van der Waals surface area contributed by atoms with E-state index in [9.17, 15) is 18.0 Å². The zero-order valence-electron chi connectivity index (χ0n) is 11.3. The van der Waals surface area contributed by atoms with Gasteiger partial charge in [-0.25, -0.2) is 9.97 Å². The first-order valence-electron chi connectivity index (χ1n) is 6.09. The van der Waals surface area contributed by atoms with Crippen LogP contribution in [-0.4, -0.2) is 38.9 Å². The van der Waals surface area contributed by atoms with E-state index in [0.29, 0.717) is 9.15 Å². The van der Waals surface area contributed by atoms with E-state index in [2.05, 4.69) is 31.0 Å². The van der Waals surface area contributed by atoms with Crippen molar-refractivity contribution in [2.75, 3.05) is 11.9 Å². The van der Waals surface area contributed by atoms with Gasteiger partial charge in [-0.2, -0.15) is 18.3 Å². The number of hydrogen-bond donors (Lipinski definition) is 0. The second-order valence-electron chi connectivity index (χ2n) is 4.40. The van der Waals surface area contributed by atoms with Crippen LogP contribution in [0.4, 0.5) is 19.1 Å². The summed E-state index contributed by atoms with van der Waals surface area (Å²) in [6.07, 6.45) is -0.182. The van der Waals surface area contributed by atoms with Crippen molar-refractivity contribution in [1.82, 2.24) is 19.7 Å². The van der Waals surface area contributed by atoms with Gasteiger partial charge in [-0.3, -0.25) is 14.4 Å². The third-order valence-corrected chi connectivity index (χ3v) is 3.28. The second-order valence-corrected chi connectivity index (χ2v) is 5.32. The van der Waals surface area contributed by atoms with Crippen LogP contribution >= 0.6 is 15.9 Å². The molecule has 1 atom stereocenters. The van der Waals surface area contributed by atoms with E-state index in [-0.39, 0.29) is 5.95 Å². The molecule has 1 unspecified atom stereocenters. The predicted octanol–water partition coefficient (Wildman–Crippen LogP) is 2.59. The van der Waals surface area contributed by atoms with E-state index in [1.54, 1.807) is 0 Å². The molecule has 0 radical (unpaired) electrons. The first-order valence-corrected chi connectivity index (χ1v) is 6.88. The average molecular weight is 378 g/mol. The van der Waals surface area contributed by atoms with Crippen molar-refractivity contribution >= 4 is 27.8 Å². The summed E-state index contributed by atoms with van der Waals surface area (Å²) in [7, 11) is 1.32. The van der Waals surface area contributed by atoms with Gasteiger partial charge < -0.3 is 0 Å². The Morgan fingerprint density at radius 2 is 2.05 bits per heavy atom. The summed E-state index contributed by atoms with van der Waals surface area (Å²) in [5.41, 5.74) is 0. The molecule has 2 heterocycles. The van der Waals surface area contributed by atoms with Gasteiger partial charge in [0.15, 0.2) is 6.04 Å². The largest absolute Gasteiger partial charge is 0.411 e. The average Bonchev–Trinajstić information content (AvgIpc) is 2.97. The maximum absolute atomic E-state index is 13.1. The first-order chi connectivity index (χ1) is 10.3. The number of nitrogens with zero attached hydrogens (tertiary/aromatic N) is 5. The SMILES string of the molecule is CN(C(=O)CC(n1cccn1)C(F)(F)F)c1ncc(Br)cn1. The van der Waals surface area contributed by atoms with Crippen molar-refractivity contribution < 1.29 is 18.0 Å². The van der Waals surface area contributed by atoms with Crippen LogP contribution in [-0.2, 0) is 4.79 Å². The summed E-state index contributed by atoms with van der Waals surface area (Å²) >= 11 is 3.14. The number of aromatic nitrogens is 4. The van der Waals surface area contributed by atoms with Crippen LogP contribution in [0.1, 0.15) is 12.5 Å². The molecule has 0 aliphatic carbocycles. The van der Waals surface area contributed by atoms with Crippen LogP contribution in [0.15, 0.2) is 35.3 Å². The minimum absolute atomic E-state index is 0.0228. The molecule has 0 saturated heterocycles. The molecule has 0 bridgehead atoms. The number of alkyl halides is 3. The van der Waals surface area contributed by atoms with Crippen LogP contribution in [0.5, 0.6) is 0 Å². The normalized spacial score (nSPS) is 13.0. The van der Waals surface area contributed by atoms with E-state index < -0.39 is 24.5 Å². The standard InChI is InChI=1S/C12H11BrF3N5O/c1-20(11-17-6-8(13)7-18-11)10(22)5-9(12(14,15)16)21-4-2-3-19-21/h2-4,6-7,9H,5H2,1H3. The van der Waals surface area contributed by atoms with Crippen molar-refractivity contribution in [1.29, 1.82) is 0 Å². The van der Waals surface area contributed by atoms with Gasteiger partial charge >= 0.3 is 6.18 Å². The van der Waals surface area contributed by atoms with Gasteiger partial charge in [0.25, 0.3) is 0 Å². The van der Waals surface area contributed by atoms with Crippen molar-refractivity contribution in [3.05, 3.63) is 35.3 Å². The highest BCUT2D eigenvalue weighted by molar-refractivity contribution is 9.10. The summed E-state index contributed by atoms with van der Waals surface area (Å²) in [6, 6.07) is -0.669. The third-order valence-electron chi connectivity index (χ3n) is 2.87. The summed E-state index contributed by atoms with van der Waals surface area (Å²) in [6.45, 7) is 0. The van der Waals surface area contributed by atoms with Crippen molar-refractivity contribution in [2.24, 2.45) is 0 Å². The van der Waals surface area contributed by atoms with E-state index in [0.717, 1.165) is 4.90 Å². The topological polar surface area (TPSA) is 63.9 Å². The number of rotatable bonds is 4. The number of halogens is 4. The maximum Gasteiger partial charge on any atom is 0.411 e. The van der Waals surface area contributed by atoms with Gasteiger partial charge in [0.1, 0.15) is 0 Å². The molecule has 0 aliphatic heterocycles. The molecule has 10 heteroatoms. The van der Waals surface area contributed by atoms with Gasteiger partial charge in [-0.1, -0.05) is 0 Å². The second kappa shape index (κ2) is 6.42. The predicted molar refractivity (Wildman–Crippen MR) is 75.1 cm³/mol. The molecule has 0 aromatic carbocycles. The molecule has 0 saturated carbocycles. The Bertz CT molecular complexity index is 629. The lowest BCUT2D eigenvalue weighted by atomic mass is 10.2. The lowest BCUT2D eigenvalue weighted by molar-refractivity contribution is -0.174. The van der Waals surface area contributed by atoms with Crippen LogP contribution in [0.2, 0.25) is 0 Å². The Hall–Kier alpha value is -1.97. The van der Waals surface area contributed by atoms with Gasteiger partial charge in [0.05, 0.1) is 10.9 Å². The molecule has 0 N–H and O–H groups in total. The molecule has 118 valence electrons. The zero-order chi connectivity index (χ0) is 16.3. The van der Waals surface area contributed by atoms with Crippen LogP contribution in [0.3, 0.4) is 0 Å². The molecule has 0 aliphatic rings. The molecular weight excluding hydrogens is 367 g/mol. The first kappa shape index (κ1) is 16.4. The number of carbonyl (C=O) groups is 1. The third kappa shape index (κ3) is 3.81. The van der Waals surface area contributed by atoms with Crippen LogP contribution in [0.25, 0.3) is 0 Å². The van der Waals surface area contributed by atoms with E-state index in [4.69, 9.17) is 0 Å². The lowest BCUT2D eigenvalue weighted by Gasteiger charge is -2.22. The molecule has 6 nitrogen and oxygen atoms in total. The molecule has 1 amide bonds. The van der Waals surface area contributed by atoms with Crippen molar-refractivity contribution in [3.63, 3.8) is 0 Å². The Morgan fingerprint density at radius 3 is 2.55 bits per heavy atom. The van der Waals surface area contributed by atoms with Crippen LogP contribution in [0, 0.1) is 0 Å². The molecule has 0 spiro atoms. The molecule has 2 aromatic heterocycles. The summed E-state index contributed by atoms with van der Waals surface area (Å²) in [5, 5.41) is 3.57. The minimum atomic E-state index is -4.59. The summed E-state index contributed by atoms with van der Waals surface area (Å²) in [5.74, 6) is -0.741. The van der Waals surface area contributed by atoms with E-state index in [1.807, 2.05) is 0 Å². The Labute approximate surface area is 132 Å². The van der Waals surface area contributed by atoms with Crippen LogP contribution < -0.4 is 4.90 Å². The fourth-order valence-corrected chi connectivity index (χ4v) is 1.92. The Balaban J connectivity index is 2.16. The summed E-state index contributed by atoms with van der Waals surface area (Å²) < 4.78 is 40.6. The highest BCUT2D eigenvalue weighted by atomic mass is 79.9. The Morgan fingerprint density at radius 1 is 1.41 bits per heavy atom. The summed E-state index contributed by atoms with van der Waals surface area (Å²) in [4.78, 5) is 20.8. The zero-order valence-corrected chi connectivity index (χ0v) is 12.9. The molecule has 2 rings (SSSR count). The monoisotopic (exact) mass is 377 g/mol. The highest BCUT2D eigenvalue weighted by Gasteiger charge is 2.43. The van der Waals surface area contributed by atoms with Gasteiger partial charge in [0.2, 0.25) is 11.9 Å². The highest BCUT2D eigenvalue weighted by Crippen LogP contribution is 2.33. The smallest absolute Gasteiger partial charge is 0.284 e. The number of amides is 1. The number of carbonyl (C=O) groups excluding carboxylic acids is 1. The van der Waals surface area contributed by atoms with Gasteiger partial charge in [0, 0.05) is 31.8 Å². The molecule has 2 aromatic rings. The quantitative estimate of drug-likeness (QED) is 0.821. The van der Waals surface area contributed by atoms with E-state index in [1.165, 1.54) is 37.9 Å². The number of hydrogen-bond acceptors (Lipinski definition) is 4. The van der Waals surface area contributed by atoms with E-state index >= 15 is 0 Å². The van der Waals surface area contributed by atoms with Gasteiger partial charge in [-0.05, 0) is 22.0 Å². The van der Waals surface area contributed by atoms with Crippen molar-refractivity contribution in [2.45, 2.75) is 18.6 Å². The van der Waals surface area contributed by atoms with Gasteiger partial charge in [-0.15, -0.1) is 0 Å². The lowest BCUT2D eigenvalue weighted by Crippen LogP contribution is -2.35.